The van der Waals surface area contributed by atoms with E-state index in [-0.39, 0.29) is 0 Å². The Bertz CT molecular complexity index is 6.00. The molecule has 0 aromatic carbocycles. The van der Waals surface area contributed by atoms with E-state index < -0.39 is 0 Å². The molecule has 0 radical (unpaired) electrons. The van der Waals surface area contributed by atoms with Gasteiger partial charge >= 0.3 is 45.0 Å². The summed E-state index contributed by atoms with van der Waals surface area (Å²) < 4.78 is 8.00. The minimum absolute atomic E-state index is 2.00. The summed E-state index contributed by atoms with van der Waals surface area (Å²) in [5.41, 5.74) is 0. The van der Waals surface area contributed by atoms with Crippen LogP contribution in [-0.2, 0) is 34.9 Å². The maximum atomic E-state index is 8.00. The van der Waals surface area contributed by atoms with Crippen LogP contribution in [0.2, 0.25) is 0 Å². The molecule has 0 aromatic heterocycles. The molecule has 0 atom stereocenters. The van der Waals surface area contributed by atoms with Crippen LogP contribution in [0.3, 0.4) is 0 Å². The van der Waals surface area contributed by atoms with Crippen molar-refractivity contribution in [2.45, 2.75) is 0 Å². The fraction of sp³-hybridized carbons (Fsp3) is 0. The van der Waals surface area contributed by atoms with Gasteiger partial charge in [-0.25, -0.2) is 0 Å². The monoisotopic (exact) mass is 163 g/mol. The van der Waals surface area contributed by atoms with E-state index >= 15 is 0 Å². The van der Waals surface area contributed by atoms with E-state index in [2.05, 4.69) is 25.2 Å². The average Bonchev–Trinajstić information content (AvgIpc) is 1.50. The predicted molar refractivity (Wildman–Crippen MR) is 6.54 cm³/mol. The Morgan fingerprint density at radius 1 is 1.25 bits per heavy atom. The van der Waals surface area contributed by atoms with Crippen molar-refractivity contribution in [1.82, 2.24) is 0 Å². The van der Waals surface area contributed by atoms with Gasteiger partial charge in [0.25, 0.3) is 0 Å². The number of rotatable bonds is 0. The number of hydrogen-bond donors (Lipinski definition) is 0. The van der Waals surface area contributed by atoms with Crippen molar-refractivity contribution < 1.29 is 34.9 Å². The predicted octanol–water partition coefficient (Wildman–Crippen LogP) is 0.566. The van der Waals surface area contributed by atoms with Gasteiger partial charge < -0.3 is 0 Å². The molecule has 0 unspecified atom stereocenters. The Morgan fingerprint density at radius 2 is 1.25 bits per heavy atom. The molecule has 0 saturated heterocycles. The molecule has 0 aromatic rings. The molecule has 0 N–H and O–H groups in total. The number of hydrogen-bond acceptors (Lipinski definition) is 1. The second-order valence-electron chi connectivity index (χ2n) is 0. The topological polar surface area (TPSA) is 17.1 Å². The van der Waals surface area contributed by atoms with Gasteiger partial charge in [0, 0.05) is 0 Å². The van der Waals surface area contributed by atoms with Gasteiger partial charge in [-0.1, -0.05) is 0 Å². The molecule has 0 rings (SSSR count). The van der Waals surface area contributed by atoms with E-state index in [1.807, 2.05) is 15.9 Å². The van der Waals surface area contributed by atoms with E-state index in [0.717, 1.165) is 0 Å². The van der Waals surface area contributed by atoms with E-state index in [1.165, 1.54) is 0 Å². The molecule has 0 fully saturated rings. The van der Waals surface area contributed by atoms with Crippen molar-refractivity contribution in [2.75, 3.05) is 0 Å². The third kappa shape index (κ3) is 11.1. The first-order valence-electron chi connectivity index (χ1n) is 0.278. The molecule has 0 heterocycles. The van der Waals surface area contributed by atoms with Crippen LogP contribution in [0.1, 0.15) is 0 Å². The summed E-state index contributed by atoms with van der Waals surface area (Å²) in [7, 11) is 4.39. The minimum atomic E-state index is 2.00. The summed E-state index contributed by atoms with van der Waals surface area (Å²) in [6.07, 6.45) is 0. The molecule has 0 amide bonds. The van der Waals surface area contributed by atoms with Crippen LogP contribution in [0.15, 0.2) is 0 Å². The van der Waals surface area contributed by atoms with Crippen molar-refractivity contribution in [3.63, 3.8) is 0 Å². The van der Waals surface area contributed by atoms with Gasteiger partial charge in [0.2, 0.25) is 0 Å². The molecular formula is ClFe2O. The molecule has 29 valence electrons. The molecular weight excluding hydrogens is 163 g/mol. The molecule has 4 heavy (non-hydrogen) atoms. The first-order valence-corrected chi connectivity index (χ1v) is 2.25. The first kappa shape index (κ1) is 8.93. The van der Waals surface area contributed by atoms with Crippen molar-refractivity contribution in [3.8, 4) is 0 Å². The Hall–Kier alpha value is 1.13. The molecule has 0 bridgehead atoms. The van der Waals surface area contributed by atoms with Crippen LogP contribution in [0.25, 0.3) is 0 Å². The van der Waals surface area contributed by atoms with Gasteiger partial charge in [-0.3, -0.25) is 0 Å². The molecule has 0 saturated carbocycles. The normalized spacial score (nSPS) is 2.75. The van der Waals surface area contributed by atoms with Gasteiger partial charge in [0.1, 0.15) is 0 Å². The molecule has 0 aliphatic heterocycles. The summed E-state index contributed by atoms with van der Waals surface area (Å²) in [4.78, 5) is 0. The molecule has 0 aliphatic carbocycles. The van der Waals surface area contributed by atoms with Crippen LogP contribution in [0.5, 0.6) is 0 Å². The number of halogens is 1. The fourth-order valence-corrected chi connectivity index (χ4v) is 0. The van der Waals surface area contributed by atoms with Crippen LogP contribution in [-0.4, -0.2) is 0 Å². The van der Waals surface area contributed by atoms with Crippen molar-refractivity contribution in [2.24, 2.45) is 0 Å². The Morgan fingerprint density at radius 3 is 1.25 bits per heavy atom. The van der Waals surface area contributed by atoms with E-state index in [0.29, 0.717) is 0 Å². The Kier molecular flexibility index (Phi) is 70.8. The third-order valence-electron chi connectivity index (χ3n) is 0. The van der Waals surface area contributed by atoms with E-state index in [4.69, 9.17) is 3.83 Å². The molecule has 0 aliphatic rings. The van der Waals surface area contributed by atoms with Crippen LogP contribution in [0.4, 0.5) is 0 Å². The second-order valence-corrected chi connectivity index (χ2v) is 0. The molecule has 1 nitrogen and oxygen atoms in total. The van der Waals surface area contributed by atoms with Crippen molar-refractivity contribution in [3.05, 3.63) is 0 Å². The van der Waals surface area contributed by atoms with Gasteiger partial charge in [0.15, 0.2) is 0 Å². The van der Waals surface area contributed by atoms with Gasteiger partial charge in [-0.05, 0) is 0 Å². The fourth-order valence-electron chi connectivity index (χ4n) is 0. The van der Waals surface area contributed by atoms with E-state index in [1.54, 1.807) is 0 Å². The summed E-state index contributed by atoms with van der Waals surface area (Å²) in [5, 5.41) is 0. The average molecular weight is 163 g/mol. The van der Waals surface area contributed by atoms with Crippen LogP contribution < -0.4 is 0 Å². The zero-order chi connectivity index (χ0) is 4.00. The third-order valence-corrected chi connectivity index (χ3v) is 0. The van der Waals surface area contributed by atoms with Crippen molar-refractivity contribution in [1.29, 1.82) is 0 Å². The quantitative estimate of drug-likeness (QED) is 0.477. The van der Waals surface area contributed by atoms with Crippen LogP contribution >= 0.6 is 10.1 Å². The maximum absolute atomic E-state index is 8.00. The first-order chi connectivity index (χ1) is 2.00. The summed E-state index contributed by atoms with van der Waals surface area (Å²) in [6, 6.07) is 0. The zero-order valence-electron chi connectivity index (χ0n) is 1.49. The van der Waals surface area contributed by atoms with Crippen molar-refractivity contribution >= 4 is 10.1 Å². The molecule has 4 heteroatoms. The van der Waals surface area contributed by atoms with Gasteiger partial charge in [-0.15, -0.1) is 0 Å². The van der Waals surface area contributed by atoms with E-state index in [9.17, 15) is 0 Å². The van der Waals surface area contributed by atoms with Gasteiger partial charge in [-0.2, -0.15) is 0 Å². The standard InChI is InChI=1S/ClH.2Fe.O/h1H;;;/q;;+1;/p-1. The zero-order valence-corrected chi connectivity index (χ0v) is 4.46. The summed E-state index contributed by atoms with van der Waals surface area (Å²) in [5.74, 6) is 0. The molecule has 0 spiro atoms. The van der Waals surface area contributed by atoms with Crippen LogP contribution in [0, 0.1) is 0 Å². The SMILES string of the molecule is [Cl][Fe].[O]=[Fe]. The Balaban J connectivity index is 0. The summed E-state index contributed by atoms with van der Waals surface area (Å²) in [6.45, 7) is 0. The second kappa shape index (κ2) is 31.7. The Labute approximate surface area is 45.2 Å². The van der Waals surface area contributed by atoms with Gasteiger partial charge in [0.05, 0.1) is 0 Å². The summed E-state index contributed by atoms with van der Waals surface area (Å²) >= 11 is 4.72.